The Hall–Kier alpha value is -1.96. The van der Waals surface area contributed by atoms with E-state index in [-0.39, 0.29) is 24.7 Å². The Kier molecular flexibility index (Phi) is 6.89. The molecule has 0 fully saturated rings. The van der Waals surface area contributed by atoms with Crippen molar-refractivity contribution in [2.24, 2.45) is 0 Å². The van der Waals surface area contributed by atoms with Gasteiger partial charge in [0.2, 0.25) is 0 Å². The number of carbonyl (C=O) groups is 1. The summed E-state index contributed by atoms with van der Waals surface area (Å²) in [6.45, 7) is 5.15. The van der Waals surface area contributed by atoms with Crippen molar-refractivity contribution in [2.75, 3.05) is 18.5 Å². The molecule has 0 aliphatic heterocycles. The van der Waals surface area contributed by atoms with Crippen LogP contribution in [0.2, 0.25) is 0 Å². The fourth-order valence-electron chi connectivity index (χ4n) is 2.21. The molecule has 0 heterocycles. The van der Waals surface area contributed by atoms with E-state index < -0.39 is 23.3 Å². The van der Waals surface area contributed by atoms with E-state index in [9.17, 15) is 23.1 Å². The van der Waals surface area contributed by atoms with Crippen LogP contribution in [0.25, 0.3) is 0 Å². The molecule has 8 heteroatoms. The first-order valence-corrected chi connectivity index (χ1v) is 7.75. The molecule has 0 saturated carbocycles. The number of hydrogen-bond donors (Lipinski definition) is 3. The maximum atomic E-state index is 13.2. The van der Waals surface area contributed by atoms with Gasteiger partial charge in [0.1, 0.15) is 5.75 Å². The lowest BCUT2D eigenvalue weighted by Crippen LogP contribution is -2.52. The van der Waals surface area contributed by atoms with Crippen LogP contribution < -0.4 is 15.4 Å². The summed E-state index contributed by atoms with van der Waals surface area (Å²) >= 11 is 0. The molecule has 0 radical (unpaired) electrons. The second kappa shape index (κ2) is 8.23. The molecule has 1 aromatic rings. The molecule has 0 unspecified atom stereocenters. The number of nitrogens with one attached hydrogen (secondary N) is 2. The van der Waals surface area contributed by atoms with Gasteiger partial charge in [-0.3, -0.25) is 0 Å². The molecule has 0 spiro atoms. The molecule has 5 nitrogen and oxygen atoms in total. The third kappa shape index (κ3) is 5.02. The number of alkyl halides is 3. The Bertz CT molecular complexity index is 550. The molecular formula is C16H23F3N2O3. The largest absolute Gasteiger partial charge is 0.494 e. The number of carbonyl (C=O) groups excluding carboxylic acids is 1. The first kappa shape index (κ1) is 20.1. The minimum Gasteiger partial charge on any atom is -0.494 e. The number of hydrogen-bond acceptors (Lipinski definition) is 3. The van der Waals surface area contributed by atoms with Crippen LogP contribution in [0.4, 0.5) is 23.7 Å². The lowest BCUT2D eigenvalue weighted by atomic mass is 9.94. The quantitative estimate of drug-likeness (QED) is 0.702. The highest BCUT2D eigenvalue weighted by atomic mass is 19.4. The molecule has 2 amide bonds. The van der Waals surface area contributed by atoms with E-state index in [2.05, 4.69) is 10.6 Å². The van der Waals surface area contributed by atoms with Crippen molar-refractivity contribution >= 4 is 11.7 Å². The van der Waals surface area contributed by atoms with Crippen LogP contribution in [-0.4, -0.2) is 29.9 Å². The summed E-state index contributed by atoms with van der Waals surface area (Å²) in [7, 11) is 0. The molecule has 0 bridgehead atoms. The third-order valence-corrected chi connectivity index (χ3v) is 3.89. The smallest absolute Gasteiger partial charge is 0.418 e. The van der Waals surface area contributed by atoms with Gasteiger partial charge in [0.15, 0.2) is 0 Å². The molecular weight excluding hydrogens is 325 g/mol. The maximum Gasteiger partial charge on any atom is 0.418 e. The predicted molar refractivity (Wildman–Crippen MR) is 85.2 cm³/mol. The van der Waals surface area contributed by atoms with Gasteiger partial charge in [0.05, 0.1) is 30.0 Å². The van der Waals surface area contributed by atoms with Crippen LogP contribution in [0.3, 0.4) is 0 Å². The number of benzene rings is 1. The molecule has 0 aromatic heterocycles. The highest BCUT2D eigenvalue weighted by Crippen LogP contribution is 2.37. The van der Waals surface area contributed by atoms with E-state index in [0.29, 0.717) is 12.8 Å². The van der Waals surface area contributed by atoms with Crippen molar-refractivity contribution in [3.8, 4) is 5.75 Å². The van der Waals surface area contributed by atoms with Gasteiger partial charge >= 0.3 is 12.2 Å². The zero-order valence-electron chi connectivity index (χ0n) is 14.0. The number of anilines is 1. The van der Waals surface area contributed by atoms with Crippen molar-refractivity contribution in [3.63, 3.8) is 0 Å². The average molecular weight is 348 g/mol. The lowest BCUT2D eigenvalue weighted by Gasteiger charge is -2.30. The van der Waals surface area contributed by atoms with Gasteiger partial charge in [-0.2, -0.15) is 13.2 Å². The first-order valence-electron chi connectivity index (χ1n) is 7.75. The monoisotopic (exact) mass is 348 g/mol. The Labute approximate surface area is 139 Å². The summed E-state index contributed by atoms with van der Waals surface area (Å²) in [6.07, 6.45) is -3.75. The SMILES string of the molecule is CCOc1ccc(NC(=O)NC(CC)(CC)CO)c(C(F)(F)F)c1. The van der Waals surface area contributed by atoms with Crippen molar-refractivity contribution in [2.45, 2.75) is 45.3 Å². The molecule has 136 valence electrons. The Morgan fingerprint density at radius 3 is 2.29 bits per heavy atom. The Morgan fingerprint density at radius 1 is 1.21 bits per heavy atom. The van der Waals surface area contributed by atoms with Crippen LogP contribution in [-0.2, 0) is 6.18 Å². The average Bonchev–Trinajstić information content (AvgIpc) is 2.53. The first-order chi connectivity index (χ1) is 11.2. The molecule has 0 saturated heterocycles. The number of rotatable bonds is 7. The molecule has 1 rings (SSSR count). The summed E-state index contributed by atoms with van der Waals surface area (Å²) in [4.78, 5) is 12.1. The molecule has 24 heavy (non-hydrogen) atoms. The van der Waals surface area contributed by atoms with Crippen LogP contribution in [0, 0.1) is 0 Å². The zero-order valence-corrected chi connectivity index (χ0v) is 14.0. The van der Waals surface area contributed by atoms with Crippen LogP contribution >= 0.6 is 0 Å². The van der Waals surface area contributed by atoms with Gasteiger partial charge in [-0.15, -0.1) is 0 Å². The Morgan fingerprint density at radius 2 is 1.83 bits per heavy atom. The van der Waals surface area contributed by atoms with E-state index in [1.54, 1.807) is 20.8 Å². The molecule has 3 N–H and O–H groups in total. The zero-order chi connectivity index (χ0) is 18.4. The number of halogens is 3. The molecule has 1 aromatic carbocycles. The summed E-state index contributed by atoms with van der Waals surface area (Å²) in [6, 6.07) is 2.54. The summed E-state index contributed by atoms with van der Waals surface area (Å²) in [5, 5.41) is 14.2. The highest BCUT2D eigenvalue weighted by molar-refractivity contribution is 5.91. The molecule has 0 aliphatic rings. The minimum atomic E-state index is -4.64. The number of ether oxygens (including phenoxy) is 1. The van der Waals surface area contributed by atoms with E-state index >= 15 is 0 Å². The van der Waals surface area contributed by atoms with Gasteiger partial charge in [-0.05, 0) is 38.0 Å². The fourth-order valence-corrected chi connectivity index (χ4v) is 2.21. The van der Waals surface area contributed by atoms with Gasteiger partial charge in [0, 0.05) is 0 Å². The summed E-state index contributed by atoms with van der Waals surface area (Å²) < 4.78 is 44.6. The lowest BCUT2D eigenvalue weighted by molar-refractivity contribution is -0.137. The summed E-state index contributed by atoms with van der Waals surface area (Å²) in [5.74, 6) is 0.0719. The van der Waals surface area contributed by atoms with Crippen molar-refractivity contribution in [1.29, 1.82) is 0 Å². The highest BCUT2D eigenvalue weighted by Gasteiger charge is 2.35. The Balaban J connectivity index is 3.03. The third-order valence-electron chi connectivity index (χ3n) is 3.89. The normalized spacial score (nSPS) is 12.0. The van der Waals surface area contributed by atoms with E-state index in [1.165, 1.54) is 6.07 Å². The van der Waals surface area contributed by atoms with Crippen molar-refractivity contribution in [3.05, 3.63) is 23.8 Å². The number of urea groups is 1. The predicted octanol–water partition coefficient (Wildman–Crippen LogP) is 3.78. The molecule has 0 aliphatic carbocycles. The van der Waals surface area contributed by atoms with Crippen LogP contribution in [0.5, 0.6) is 5.75 Å². The number of aliphatic hydroxyl groups excluding tert-OH is 1. The van der Waals surface area contributed by atoms with Gasteiger partial charge in [-0.25, -0.2) is 4.79 Å². The number of aliphatic hydroxyl groups is 1. The standard InChI is InChI=1S/C16H23F3N2O3/c1-4-15(5-2,10-22)21-14(23)20-13-8-7-11(24-6-3)9-12(13)16(17,18)19/h7-9,22H,4-6,10H2,1-3H3,(H2,20,21,23). The maximum absolute atomic E-state index is 13.2. The molecule has 0 atom stereocenters. The number of amides is 2. The topological polar surface area (TPSA) is 70.6 Å². The van der Waals surface area contributed by atoms with Crippen LogP contribution in [0.1, 0.15) is 39.2 Å². The van der Waals surface area contributed by atoms with E-state index in [1.807, 2.05) is 0 Å². The van der Waals surface area contributed by atoms with Gasteiger partial charge in [0.25, 0.3) is 0 Å². The van der Waals surface area contributed by atoms with Gasteiger partial charge < -0.3 is 20.5 Å². The van der Waals surface area contributed by atoms with Crippen LogP contribution in [0.15, 0.2) is 18.2 Å². The van der Waals surface area contributed by atoms with E-state index in [0.717, 1.165) is 12.1 Å². The van der Waals surface area contributed by atoms with Crippen molar-refractivity contribution in [1.82, 2.24) is 5.32 Å². The van der Waals surface area contributed by atoms with E-state index in [4.69, 9.17) is 4.74 Å². The van der Waals surface area contributed by atoms with Gasteiger partial charge in [-0.1, -0.05) is 13.8 Å². The summed E-state index contributed by atoms with van der Waals surface area (Å²) in [5.41, 5.74) is -2.23. The second-order valence-electron chi connectivity index (χ2n) is 5.36. The van der Waals surface area contributed by atoms with Crippen molar-refractivity contribution < 1.29 is 27.8 Å². The second-order valence-corrected chi connectivity index (χ2v) is 5.36. The minimum absolute atomic E-state index is 0.0719. The fraction of sp³-hybridized carbons (Fsp3) is 0.562.